The average Bonchev–Trinajstić information content (AvgIpc) is 3.37. The number of carbonyl (C=O) groups excluding carboxylic acids is 2. The molecule has 2 aliphatic heterocycles. The van der Waals surface area contributed by atoms with E-state index in [4.69, 9.17) is 0 Å². The highest BCUT2D eigenvalue weighted by molar-refractivity contribution is 5.94. The molecule has 2 amide bonds. The maximum Gasteiger partial charge on any atom is 0.272 e. The summed E-state index contributed by atoms with van der Waals surface area (Å²) in [6, 6.07) is 7.26. The van der Waals surface area contributed by atoms with E-state index in [1.165, 1.54) is 0 Å². The zero-order chi connectivity index (χ0) is 21.3. The SMILES string of the molecule is O=C(Cc1cccnc1)N1CCCCC2(CCN(C(=O)c3ccc4n[nH]nc4n3)C2)C1. The Morgan fingerprint density at radius 3 is 2.81 bits per heavy atom. The van der Waals surface area contributed by atoms with Crippen LogP contribution in [0, 0.1) is 5.41 Å². The van der Waals surface area contributed by atoms with Crippen LogP contribution in [0.3, 0.4) is 0 Å². The minimum atomic E-state index is -0.0840. The van der Waals surface area contributed by atoms with Crippen LogP contribution in [-0.2, 0) is 11.2 Å². The van der Waals surface area contributed by atoms with E-state index in [1.54, 1.807) is 24.5 Å². The zero-order valence-electron chi connectivity index (χ0n) is 17.3. The molecule has 1 unspecified atom stereocenters. The lowest BCUT2D eigenvalue weighted by Crippen LogP contribution is -2.42. The number of hydrogen-bond acceptors (Lipinski definition) is 6. The van der Waals surface area contributed by atoms with Crippen molar-refractivity contribution in [1.82, 2.24) is 35.2 Å². The first-order valence-corrected chi connectivity index (χ1v) is 10.8. The van der Waals surface area contributed by atoms with Gasteiger partial charge in [-0.1, -0.05) is 12.5 Å². The molecule has 5 rings (SSSR count). The number of carbonyl (C=O) groups is 2. The van der Waals surface area contributed by atoms with Crippen LogP contribution in [0.1, 0.15) is 41.7 Å². The van der Waals surface area contributed by atoms with Crippen molar-refractivity contribution in [3.05, 3.63) is 47.9 Å². The van der Waals surface area contributed by atoms with E-state index in [0.29, 0.717) is 42.9 Å². The van der Waals surface area contributed by atoms with Crippen molar-refractivity contribution < 1.29 is 9.59 Å². The predicted octanol–water partition coefficient (Wildman–Crippen LogP) is 1.84. The number of fused-ring (bicyclic) bond motifs is 1. The van der Waals surface area contributed by atoms with E-state index >= 15 is 0 Å². The van der Waals surface area contributed by atoms with Gasteiger partial charge in [0.15, 0.2) is 0 Å². The highest BCUT2D eigenvalue weighted by Crippen LogP contribution is 2.39. The molecule has 1 spiro atoms. The first kappa shape index (κ1) is 19.6. The maximum absolute atomic E-state index is 13.1. The van der Waals surface area contributed by atoms with Crippen LogP contribution in [0.25, 0.3) is 11.2 Å². The lowest BCUT2D eigenvalue weighted by Gasteiger charge is -2.33. The fraction of sp³-hybridized carbons (Fsp3) is 0.455. The molecule has 2 aliphatic rings. The number of H-pyrrole nitrogens is 1. The van der Waals surface area contributed by atoms with Gasteiger partial charge in [-0.2, -0.15) is 10.3 Å². The molecule has 9 heteroatoms. The molecule has 1 N–H and O–H groups in total. The second kappa shape index (κ2) is 8.05. The molecular weight excluding hydrogens is 394 g/mol. The monoisotopic (exact) mass is 419 g/mol. The fourth-order valence-electron chi connectivity index (χ4n) is 4.83. The van der Waals surface area contributed by atoms with Crippen molar-refractivity contribution in [3.63, 3.8) is 0 Å². The number of pyridine rings is 2. The molecule has 2 fully saturated rings. The van der Waals surface area contributed by atoms with E-state index in [9.17, 15) is 9.59 Å². The van der Waals surface area contributed by atoms with Crippen molar-refractivity contribution in [1.29, 1.82) is 0 Å². The summed E-state index contributed by atoms with van der Waals surface area (Å²) < 4.78 is 0. The van der Waals surface area contributed by atoms with E-state index in [-0.39, 0.29) is 17.2 Å². The molecule has 9 nitrogen and oxygen atoms in total. The molecule has 1 atom stereocenters. The maximum atomic E-state index is 13.1. The van der Waals surface area contributed by atoms with Gasteiger partial charge in [-0.05, 0) is 43.0 Å². The van der Waals surface area contributed by atoms with Gasteiger partial charge in [0.2, 0.25) is 11.6 Å². The van der Waals surface area contributed by atoms with Gasteiger partial charge in [-0.25, -0.2) is 4.98 Å². The van der Waals surface area contributed by atoms with Gasteiger partial charge >= 0.3 is 0 Å². The predicted molar refractivity (Wildman–Crippen MR) is 113 cm³/mol. The second-order valence-electron chi connectivity index (χ2n) is 8.65. The van der Waals surface area contributed by atoms with Gasteiger partial charge in [0.1, 0.15) is 11.2 Å². The number of nitrogens with zero attached hydrogens (tertiary/aromatic N) is 6. The van der Waals surface area contributed by atoms with Crippen molar-refractivity contribution in [3.8, 4) is 0 Å². The number of hydrogen-bond donors (Lipinski definition) is 1. The average molecular weight is 419 g/mol. The number of aromatic nitrogens is 5. The Balaban J connectivity index is 1.29. The molecule has 3 aromatic heterocycles. The highest BCUT2D eigenvalue weighted by Gasteiger charge is 2.43. The van der Waals surface area contributed by atoms with E-state index < -0.39 is 0 Å². The Morgan fingerprint density at radius 1 is 1.03 bits per heavy atom. The molecule has 160 valence electrons. The lowest BCUT2D eigenvalue weighted by atomic mass is 9.82. The summed E-state index contributed by atoms with van der Waals surface area (Å²) in [4.78, 5) is 38.4. The smallest absolute Gasteiger partial charge is 0.272 e. The molecule has 31 heavy (non-hydrogen) atoms. The fourth-order valence-corrected chi connectivity index (χ4v) is 4.83. The third-order valence-electron chi connectivity index (χ3n) is 6.47. The Kier molecular flexibility index (Phi) is 5.09. The van der Waals surface area contributed by atoms with Crippen LogP contribution >= 0.6 is 0 Å². The summed E-state index contributed by atoms with van der Waals surface area (Å²) in [5.41, 5.74) is 2.36. The summed E-state index contributed by atoms with van der Waals surface area (Å²) in [6.45, 7) is 2.81. The van der Waals surface area contributed by atoms with Gasteiger partial charge < -0.3 is 9.80 Å². The van der Waals surface area contributed by atoms with Crippen LogP contribution in [0.15, 0.2) is 36.7 Å². The molecule has 0 aromatic carbocycles. The molecule has 0 bridgehead atoms. The minimum absolute atomic E-state index is 0.0469. The summed E-state index contributed by atoms with van der Waals surface area (Å²) in [5.74, 6) is 0.0523. The summed E-state index contributed by atoms with van der Waals surface area (Å²) in [7, 11) is 0. The highest BCUT2D eigenvalue weighted by atomic mass is 16.2. The van der Waals surface area contributed by atoms with Crippen LogP contribution in [-0.4, -0.2) is 73.2 Å². The van der Waals surface area contributed by atoms with E-state index in [1.807, 2.05) is 21.9 Å². The standard InChI is InChI=1S/C22H25N7O2/c30-19(12-16-4-3-9-23-13-16)28-10-2-1-7-22(14-28)8-11-29(15-22)21(31)18-6-5-17-20(24-18)26-27-25-17/h3-6,9,13H,1-2,7-8,10-12,14-15H2,(H,24,25,26,27). The minimum Gasteiger partial charge on any atom is -0.342 e. The molecule has 0 aliphatic carbocycles. The molecule has 0 saturated carbocycles. The van der Waals surface area contributed by atoms with Crippen LogP contribution in [0.5, 0.6) is 0 Å². The molecule has 2 saturated heterocycles. The summed E-state index contributed by atoms with van der Waals surface area (Å²) in [6.07, 6.45) is 7.84. The van der Waals surface area contributed by atoms with Crippen LogP contribution in [0.4, 0.5) is 0 Å². The number of nitrogens with one attached hydrogen (secondary N) is 1. The summed E-state index contributed by atoms with van der Waals surface area (Å²) >= 11 is 0. The molecular formula is C22H25N7O2. The Labute approximate surface area is 179 Å². The van der Waals surface area contributed by atoms with Crippen molar-refractivity contribution in [2.75, 3.05) is 26.2 Å². The largest absolute Gasteiger partial charge is 0.342 e. The number of likely N-dealkylation sites (tertiary alicyclic amines) is 2. The lowest BCUT2D eigenvalue weighted by molar-refractivity contribution is -0.131. The third kappa shape index (κ3) is 3.99. The number of amides is 2. The van der Waals surface area contributed by atoms with Crippen molar-refractivity contribution in [2.45, 2.75) is 32.1 Å². The topological polar surface area (TPSA) is 108 Å². The van der Waals surface area contributed by atoms with Gasteiger partial charge in [0.25, 0.3) is 5.91 Å². The van der Waals surface area contributed by atoms with Crippen LogP contribution < -0.4 is 0 Å². The quantitative estimate of drug-likeness (QED) is 0.694. The van der Waals surface area contributed by atoms with E-state index in [2.05, 4.69) is 25.4 Å². The van der Waals surface area contributed by atoms with E-state index in [0.717, 1.165) is 37.8 Å². The molecule has 3 aromatic rings. The Bertz CT molecular complexity index is 1100. The van der Waals surface area contributed by atoms with Gasteiger partial charge in [0.05, 0.1) is 6.42 Å². The third-order valence-corrected chi connectivity index (χ3v) is 6.47. The van der Waals surface area contributed by atoms with Crippen molar-refractivity contribution >= 4 is 23.0 Å². The van der Waals surface area contributed by atoms with Gasteiger partial charge in [0, 0.05) is 44.0 Å². The Morgan fingerprint density at radius 2 is 1.94 bits per heavy atom. The summed E-state index contributed by atoms with van der Waals surface area (Å²) in [5, 5.41) is 10.5. The second-order valence-corrected chi connectivity index (χ2v) is 8.65. The Hall–Kier alpha value is -3.36. The van der Waals surface area contributed by atoms with Crippen molar-refractivity contribution in [2.24, 2.45) is 5.41 Å². The molecule has 5 heterocycles. The number of rotatable bonds is 3. The van der Waals surface area contributed by atoms with Gasteiger partial charge in [-0.15, -0.1) is 5.10 Å². The molecule has 0 radical (unpaired) electrons. The first-order chi connectivity index (χ1) is 15.1. The van der Waals surface area contributed by atoms with Crippen LogP contribution in [0.2, 0.25) is 0 Å². The normalized spacial score (nSPS) is 21.5. The number of aromatic amines is 1. The first-order valence-electron chi connectivity index (χ1n) is 10.8. The van der Waals surface area contributed by atoms with Gasteiger partial charge in [-0.3, -0.25) is 14.6 Å². The zero-order valence-corrected chi connectivity index (χ0v) is 17.3.